The molecule has 0 spiro atoms. The molecule has 1 aromatic carbocycles. The van der Waals surface area contributed by atoms with E-state index in [1.54, 1.807) is 0 Å². The number of nitro groups is 1. The number of carbonyl (C=O) groups excluding carboxylic acids is 1. The molecule has 20 heavy (non-hydrogen) atoms. The second kappa shape index (κ2) is 5.74. The van der Waals surface area contributed by atoms with Gasteiger partial charge in [-0.1, -0.05) is 0 Å². The molecular formula is C12H7BrFN3O3. The Morgan fingerprint density at radius 1 is 1.35 bits per heavy atom. The summed E-state index contributed by atoms with van der Waals surface area (Å²) in [7, 11) is 0. The van der Waals surface area contributed by atoms with Crippen molar-refractivity contribution in [1.82, 2.24) is 4.98 Å². The first-order valence-corrected chi connectivity index (χ1v) is 6.13. The van der Waals surface area contributed by atoms with Gasteiger partial charge in [0.25, 0.3) is 11.6 Å². The lowest BCUT2D eigenvalue weighted by atomic mass is 10.2. The number of hydrogen-bond donors (Lipinski definition) is 1. The van der Waals surface area contributed by atoms with Crippen LogP contribution in [0.3, 0.4) is 0 Å². The number of nitrogens with one attached hydrogen (secondary N) is 1. The molecule has 1 amide bonds. The molecule has 6 nitrogen and oxygen atoms in total. The van der Waals surface area contributed by atoms with E-state index in [0.29, 0.717) is 4.47 Å². The fourth-order valence-corrected chi connectivity index (χ4v) is 1.81. The van der Waals surface area contributed by atoms with E-state index < -0.39 is 16.8 Å². The molecule has 0 saturated carbocycles. The van der Waals surface area contributed by atoms with Crippen LogP contribution in [0.2, 0.25) is 0 Å². The highest BCUT2D eigenvalue weighted by Crippen LogP contribution is 2.27. The lowest BCUT2D eigenvalue weighted by molar-refractivity contribution is -0.384. The molecule has 0 radical (unpaired) electrons. The molecule has 2 rings (SSSR count). The minimum Gasteiger partial charge on any atom is -0.321 e. The Labute approximate surface area is 120 Å². The van der Waals surface area contributed by atoms with Crippen molar-refractivity contribution in [3.8, 4) is 0 Å². The second-order valence-corrected chi connectivity index (χ2v) is 4.60. The van der Waals surface area contributed by atoms with Gasteiger partial charge in [0, 0.05) is 34.4 Å². The number of non-ortho nitro benzene ring substituents is 1. The van der Waals surface area contributed by atoms with E-state index in [1.807, 2.05) is 0 Å². The van der Waals surface area contributed by atoms with Gasteiger partial charge in [0.05, 0.1) is 10.6 Å². The van der Waals surface area contributed by atoms with E-state index in [1.165, 1.54) is 24.3 Å². The number of aromatic nitrogens is 1. The molecule has 0 fully saturated rings. The molecular weight excluding hydrogens is 333 g/mol. The summed E-state index contributed by atoms with van der Waals surface area (Å²) in [4.78, 5) is 25.4. The summed E-state index contributed by atoms with van der Waals surface area (Å²) in [5.41, 5.74) is 0.127. The van der Waals surface area contributed by atoms with E-state index in [2.05, 4.69) is 26.2 Å². The maximum atomic E-state index is 12.9. The van der Waals surface area contributed by atoms with Gasteiger partial charge in [0.15, 0.2) is 0 Å². The molecule has 1 aromatic heterocycles. The van der Waals surface area contributed by atoms with Crippen LogP contribution in [0.15, 0.2) is 41.0 Å². The lowest BCUT2D eigenvalue weighted by Crippen LogP contribution is -2.13. The third-order valence-electron chi connectivity index (χ3n) is 2.40. The van der Waals surface area contributed by atoms with Crippen LogP contribution in [0, 0.1) is 16.1 Å². The zero-order chi connectivity index (χ0) is 14.7. The van der Waals surface area contributed by atoms with Crippen LogP contribution >= 0.6 is 15.9 Å². The van der Waals surface area contributed by atoms with E-state index >= 15 is 0 Å². The second-order valence-electron chi connectivity index (χ2n) is 3.74. The minimum absolute atomic E-state index is 0.0657. The van der Waals surface area contributed by atoms with Gasteiger partial charge in [0.1, 0.15) is 0 Å². The highest BCUT2D eigenvalue weighted by atomic mass is 79.9. The Balaban J connectivity index is 2.27. The third-order valence-corrected chi connectivity index (χ3v) is 3.09. The molecule has 0 aliphatic heterocycles. The van der Waals surface area contributed by atoms with Crippen molar-refractivity contribution in [1.29, 1.82) is 0 Å². The summed E-state index contributed by atoms with van der Waals surface area (Å²) in [5.74, 6) is -1.37. The number of pyridine rings is 1. The molecule has 8 heteroatoms. The molecule has 0 aliphatic carbocycles. The predicted molar refractivity (Wildman–Crippen MR) is 72.9 cm³/mol. The van der Waals surface area contributed by atoms with Gasteiger partial charge in [-0.25, -0.2) is 4.98 Å². The van der Waals surface area contributed by atoms with Crippen LogP contribution < -0.4 is 5.32 Å². The topological polar surface area (TPSA) is 85.1 Å². The Morgan fingerprint density at radius 3 is 2.75 bits per heavy atom. The summed E-state index contributed by atoms with van der Waals surface area (Å²) >= 11 is 3.17. The zero-order valence-corrected chi connectivity index (χ0v) is 11.4. The van der Waals surface area contributed by atoms with Crippen LogP contribution in [0.5, 0.6) is 0 Å². The van der Waals surface area contributed by atoms with E-state index in [-0.39, 0.29) is 16.9 Å². The molecule has 1 heterocycles. The monoisotopic (exact) mass is 339 g/mol. The van der Waals surface area contributed by atoms with E-state index in [9.17, 15) is 19.3 Å². The fraction of sp³-hybridized carbons (Fsp3) is 0. The number of anilines is 1. The third kappa shape index (κ3) is 3.15. The number of benzene rings is 1. The van der Waals surface area contributed by atoms with Gasteiger partial charge in [-0.05, 0) is 28.1 Å². The highest BCUT2D eigenvalue weighted by Gasteiger charge is 2.13. The maximum absolute atomic E-state index is 12.9. The molecule has 0 aliphatic rings. The van der Waals surface area contributed by atoms with Crippen molar-refractivity contribution in [2.45, 2.75) is 0 Å². The fourth-order valence-electron chi connectivity index (χ4n) is 1.46. The Kier molecular flexibility index (Phi) is 4.04. The average molecular weight is 340 g/mol. The van der Waals surface area contributed by atoms with Crippen LogP contribution in [-0.2, 0) is 0 Å². The smallest absolute Gasteiger partial charge is 0.271 e. The number of nitrogens with zero attached hydrogens (tertiary/aromatic N) is 2. The molecule has 0 bridgehead atoms. The molecule has 0 saturated heterocycles. The van der Waals surface area contributed by atoms with Gasteiger partial charge in [-0.2, -0.15) is 4.39 Å². The van der Waals surface area contributed by atoms with Crippen molar-refractivity contribution in [2.75, 3.05) is 5.32 Å². The molecule has 2 aromatic rings. The summed E-state index contributed by atoms with van der Waals surface area (Å²) in [6.45, 7) is 0. The van der Waals surface area contributed by atoms with Gasteiger partial charge in [0.2, 0.25) is 5.95 Å². The first-order chi connectivity index (χ1) is 9.47. The number of hydrogen-bond acceptors (Lipinski definition) is 4. The number of halogens is 2. The van der Waals surface area contributed by atoms with Gasteiger partial charge in [-0.3, -0.25) is 14.9 Å². The first kappa shape index (κ1) is 14.1. The number of nitro benzene ring substituents is 1. The zero-order valence-electron chi connectivity index (χ0n) is 9.84. The normalized spacial score (nSPS) is 10.1. The van der Waals surface area contributed by atoms with Crippen molar-refractivity contribution < 1.29 is 14.1 Å². The lowest BCUT2D eigenvalue weighted by Gasteiger charge is -2.07. The summed E-state index contributed by atoms with van der Waals surface area (Å²) in [6.07, 6.45) is 1.16. The Bertz CT molecular complexity index is 693. The van der Waals surface area contributed by atoms with Crippen LogP contribution in [0.4, 0.5) is 15.8 Å². The van der Waals surface area contributed by atoms with Crippen molar-refractivity contribution >= 4 is 33.2 Å². The number of carbonyl (C=O) groups is 1. The van der Waals surface area contributed by atoms with Crippen LogP contribution in [-0.4, -0.2) is 15.8 Å². The van der Waals surface area contributed by atoms with Crippen molar-refractivity contribution in [3.05, 3.63) is 62.6 Å². The van der Waals surface area contributed by atoms with E-state index in [0.717, 1.165) is 12.3 Å². The summed E-state index contributed by atoms with van der Waals surface area (Å²) < 4.78 is 13.4. The van der Waals surface area contributed by atoms with Gasteiger partial charge in [-0.15, -0.1) is 0 Å². The predicted octanol–water partition coefficient (Wildman–Crippen LogP) is 3.14. The standard InChI is InChI=1S/C12H7BrFN3O3/c13-9-2-1-8(17(19)20)6-10(9)16-12(18)7-3-4-15-11(14)5-7/h1-6H,(H,16,18). The Morgan fingerprint density at radius 2 is 2.10 bits per heavy atom. The van der Waals surface area contributed by atoms with Gasteiger partial charge < -0.3 is 5.32 Å². The molecule has 1 N–H and O–H groups in total. The van der Waals surface area contributed by atoms with Gasteiger partial charge >= 0.3 is 0 Å². The van der Waals surface area contributed by atoms with Crippen LogP contribution in [0.25, 0.3) is 0 Å². The first-order valence-electron chi connectivity index (χ1n) is 5.34. The number of rotatable bonds is 3. The molecule has 0 unspecified atom stereocenters. The summed E-state index contributed by atoms with van der Waals surface area (Å²) in [5, 5.41) is 13.1. The highest BCUT2D eigenvalue weighted by molar-refractivity contribution is 9.10. The van der Waals surface area contributed by atoms with Crippen molar-refractivity contribution in [2.24, 2.45) is 0 Å². The largest absolute Gasteiger partial charge is 0.321 e. The molecule has 102 valence electrons. The quantitative estimate of drug-likeness (QED) is 0.528. The average Bonchev–Trinajstić information content (AvgIpc) is 2.41. The minimum atomic E-state index is -0.782. The van der Waals surface area contributed by atoms with Crippen LogP contribution in [0.1, 0.15) is 10.4 Å². The SMILES string of the molecule is O=C(Nc1cc([N+](=O)[O-])ccc1Br)c1ccnc(F)c1. The number of amides is 1. The summed E-state index contributed by atoms with van der Waals surface area (Å²) in [6, 6.07) is 6.26. The maximum Gasteiger partial charge on any atom is 0.271 e. The van der Waals surface area contributed by atoms with Crippen molar-refractivity contribution in [3.63, 3.8) is 0 Å². The molecule has 0 atom stereocenters. The van der Waals surface area contributed by atoms with E-state index in [4.69, 9.17) is 0 Å². The Hall–Kier alpha value is -2.35.